The summed E-state index contributed by atoms with van der Waals surface area (Å²) in [6, 6.07) is 87.7. The van der Waals surface area contributed by atoms with Gasteiger partial charge in [0.05, 0.1) is 5.41 Å². The van der Waals surface area contributed by atoms with E-state index in [-0.39, 0.29) is 0 Å². The maximum absolute atomic E-state index is 6.35. The molecule has 1 aliphatic rings. The Kier molecular flexibility index (Phi) is 8.93. The van der Waals surface area contributed by atoms with Crippen LogP contribution in [0, 0.1) is 0 Å². The lowest BCUT2D eigenvalue weighted by atomic mass is 9.67. The van der Waals surface area contributed by atoms with Crippen molar-refractivity contribution in [3.8, 4) is 44.8 Å². The van der Waals surface area contributed by atoms with Crippen molar-refractivity contribution in [2.75, 3.05) is 4.90 Å². The van der Waals surface area contributed by atoms with Gasteiger partial charge >= 0.3 is 0 Å². The average Bonchev–Trinajstić information content (AvgIpc) is 4.09. The molecule has 0 bridgehead atoms. The second-order valence-corrected chi connectivity index (χ2v) is 18.0. The zero-order valence-electron chi connectivity index (χ0n) is 35.8. The summed E-state index contributed by atoms with van der Waals surface area (Å²) in [5.41, 5.74) is 17.5. The minimum atomic E-state index is -0.538. The molecule has 0 saturated carbocycles. The first-order valence-corrected chi connectivity index (χ1v) is 23.3. The molecule has 0 spiro atoms. The van der Waals surface area contributed by atoms with E-state index in [1.807, 2.05) is 41.7 Å². The van der Waals surface area contributed by atoms with Gasteiger partial charge < -0.3 is 9.32 Å². The summed E-state index contributed by atoms with van der Waals surface area (Å²) in [5.74, 6) is 0.607. The van der Waals surface area contributed by atoms with Crippen LogP contribution in [0.1, 0.15) is 22.3 Å². The van der Waals surface area contributed by atoms with Gasteiger partial charge in [-0.3, -0.25) is 0 Å². The van der Waals surface area contributed by atoms with E-state index in [0.717, 1.165) is 33.7 Å². The van der Waals surface area contributed by atoms with E-state index in [2.05, 4.69) is 217 Å². The van der Waals surface area contributed by atoms with Crippen LogP contribution in [0.25, 0.3) is 76.1 Å². The summed E-state index contributed by atoms with van der Waals surface area (Å²) in [6.07, 6.45) is 0. The van der Waals surface area contributed by atoms with Crippen LogP contribution < -0.4 is 4.90 Å². The predicted octanol–water partition coefficient (Wildman–Crippen LogP) is 17.0. The van der Waals surface area contributed by atoms with E-state index in [1.54, 1.807) is 0 Å². The van der Waals surface area contributed by atoms with Gasteiger partial charge in [0, 0.05) is 42.8 Å². The highest BCUT2D eigenvalue weighted by molar-refractivity contribution is 7.26. The molecule has 66 heavy (non-hydrogen) atoms. The fourth-order valence-corrected chi connectivity index (χ4v) is 11.8. The molecular formula is C62H40N2OS. The van der Waals surface area contributed by atoms with E-state index in [1.165, 1.54) is 75.8 Å². The minimum Gasteiger partial charge on any atom is -0.436 e. The van der Waals surface area contributed by atoms with Crippen molar-refractivity contribution in [2.45, 2.75) is 5.41 Å². The van der Waals surface area contributed by atoms with Crippen molar-refractivity contribution < 1.29 is 4.42 Å². The molecule has 10 aromatic carbocycles. The van der Waals surface area contributed by atoms with Crippen LogP contribution in [0.3, 0.4) is 0 Å². The Morgan fingerprint density at radius 2 is 0.879 bits per heavy atom. The molecule has 13 rings (SSSR count). The van der Waals surface area contributed by atoms with E-state index >= 15 is 0 Å². The number of aromatic nitrogens is 1. The minimum absolute atomic E-state index is 0.538. The number of rotatable bonds is 8. The lowest BCUT2D eigenvalue weighted by Gasteiger charge is -2.35. The number of benzene rings is 10. The summed E-state index contributed by atoms with van der Waals surface area (Å²) in [7, 11) is 0. The summed E-state index contributed by atoms with van der Waals surface area (Å²) >= 11 is 1.89. The molecule has 0 aliphatic heterocycles. The number of nitrogens with zero attached hydrogens (tertiary/aromatic N) is 2. The fourth-order valence-electron chi connectivity index (χ4n) is 10.5. The summed E-state index contributed by atoms with van der Waals surface area (Å²) in [6.45, 7) is 0. The van der Waals surface area contributed by atoms with Crippen molar-refractivity contribution in [2.24, 2.45) is 0 Å². The average molecular weight is 861 g/mol. The number of oxazole rings is 1. The fraction of sp³-hybridized carbons (Fsp3) is 0.0161. The van der Waals surface area contributed by atoms with E-state index in [4.69, 9.17) is 9.40 Å². The van der Waals surface area contributed by atoms with Crippen molar-refractivity contribution in [3.05, 3.63) is 265 Å². The van der Waals surface area contributed by atoms with Crippen LogP contribution in [0.4, 0.5) is 17.1 Å². The van der Waals surface area contributed by atoms with E-state index < -0.39 is 5.41 Å². The summed E-state index contributed by atoms with van der Waals surface area (Å²) in [4.78, 5) is 7.41. The van der Waals surface area contributed by atoms with Gasteiger partial charge in [-0.15, -0.1) is 11.3 Å². The van der Waals surface area contributed by atoms with Gasteiger partial charge in [-0.05, 0) is 110 Å². The van der Waals surface area contributed by atoms with E-state index in [0.29, 0.717) is 5.89 Å². The van der Waals surface area contributed by atoms with Gasteiger partial charge in [-0.2, -0.15) is 0 Å². The maximum atomic E-state index is 6.35. The highest BCUT2D eigenvalue weighted by Crippen LogP contribution is 2.57. The van der Waals surface area contributed by atoms with Crippen LogP contribution >= 0.6 is 11.3 Å². The predicted molar refractivity (Wildman–Crippen MR) is 275 cm³/mol. The molecule has 3 nitrogen and oxygen atoms in total. The number of thiophene rings is 1. The molecule has 2 heterocycles. The van der Waals surface area contributed by atoms with Gasteiger partial charge in [0.15, 0.2) is 5.58 Å². The second-order valence-electron chi connectivity index (χ2n) is 17.0. The molecule has 12 aromatic rings. The normalized spacial score (nSPS) is 12.7. The molecule has 0 amide bonds. The molecule has 310 valence electrons. The monoisotopic (exact) mass is 860 g/mol. The number of fused-ring (bicyclic) bond motifs is 7. The maximum Gasteiger partial charge on any atom is 0.227 e. The van der Waals surface area contributed by atoms with Crippen LogP contribution in [0.2, 0.25) is 0 Å². The lowest BCUT2D eigenvalue weighted by molar-refractivity contribution is 0.620. The third-order valence-electron chi connectivity index (χ3n) is 13.4. The standard InChI is InChI=1S/C62H40N2OS/c1-5-17-41(18-6-1)49-26-15-28-53-54-29-16-27-50(60(54)66-59(49)53)42-31-33-46(34-32-42)64(48-36-38-58-57(40-48)63-61(65-58)43-19-7-2-8-20-43)47-35-37-52-51-25-13-14-30-55(51)62(56(52)39-47,44-21-9-3-10-22-44)45-23-11-4-12-24-45/h1-40H. The molecule has 2 aromatic heterocycles. The zero-order chi connectivity index (χ0) is 43.6. The topological polar surface area (TPSA) is 29.3 Å². The Hall–Kier alpha value is -8.31. The third kappa shape index (κ3) is 5.99. The van der Waals surface area contributed by atoms with Crippen molar-refractivity contribution in [1.29, 1.82) is 0 Å². The molecule has 0 fully saturated rings. The first-order chi connectivity index (χ1) is 32.7. The summed E-state index contributed by atoms with van der Waals surface area (Å²) in [5, 5.41) is 2.58. The Balaban J connectivity index is 0.992. The first-order valence-electron chi connectivity index (χ1n) is 22.4. The molecular weight excluding hydrogens is 821 g/mol. The van der Waals surface area contributed by atoms with Gasteiger partial charge in [0.2, 0.25) is 5.89 Å². The highest BCUT2D eigenvalue weighted by Gasteiger charge is 2.46. The zero-order valence-corrected chi connectivity index (χ0v) is 36.6. The van der Waals surface area contributed by atoms with Crippen molar-refractivity contribution >= 4 is 59.7 Å². The van der Waals surface area contributed by atoms with Crippen molar-refractivity contribution in [3.63, 3.8) is 0 Å². The number of anilines is 3. The Bertz CT molecular complexity index is 3710. The summed E-state index contributed by atoms with van der Waals surface area (Å²) < 4.78 is 8.95. The molecule has 0 atom stereocenters. The second kappa shape index (κ2) is 15.4. The quantitative estimate of drug-likeness (QED) is 0.152. The molecule has 0 saturated heterocycles. The molecule has 4 heteroatoms. The van der Waals surface area contributed by atoms with E-state index in [9.17, 15) is 0 Å². The Morgan fingerprint density at radius 1 is 0.379 bits per heavy atom. The lowest BCUT2D eigenvalue weighted by Crippen LogP contribution is -2.28. The van der Waals surface area contributed by atoms with Gasteiger partial charge in [-0.1, -0.05) is 188 Å². The molecule has 0 unspecified atom stereocenters. The Labute approximate surface area is 387 Å². The van der Waals surface area contributed by atoms with Crippen LogP contribution in [-0.4, -0.2) is 4.98 Å². The van der Waals surface area contributed by atoms with Crippen LogP contribution in [-0.2, 0) is 5.41 Å². The van der Waals surface area contributed by atoms with Gasteiger partial charge in [0.25, 0.3) is 0 Å². The smallest absolute Gasteiger partial charge is 0.227 e. The molecule has 0 N–H and O–H groups in total. The van der Waals surface area contributed by atoms with Crippen LogP contribution in [0.5, 0.6) is 0 Å². The highest BCUT2D eigenvalue weighted by atomic mass is 32.1. The van der Waals surface area contributed by atoms with Crippen molar-refractivity contribution in [1.82, 2.24) is 4.98 Å². The Morgan fingerprint density at radius 3 is 1.53 bits per heavy atom. The SMILES string of the molecule is c1ccc(-c2nc3cc(N(c4ccc(-c5cccc6c5sc5c(-c7ccccc7)cccc56)cc4)c4ccc5c(c4)C(c4ccccc4)(c4ccccc4)c4ccccc4-5)ccc3o2)cc1. The molecule has 1 aliphatic carbocycles. The third-order valence-corrected chi connectivity index (χ3v) is 14.7. The first kappa shape index (κ1) is 38.2. The number of hydrogen-bond acceptors (Lipinski definition) is 4. The number of hydrogen-bond donors (Lipinski definition) is 0. The van der Waals surface area contributed by atoms with Crippen LogP contribution in [0.15, 0.2) is 247 Å². The molecule has 0 radical (unpaired) electrons. The largest absolute Gasteiger partial charge is 0.436 e. The van der Waals surface area contributed by atoms with Gasteiger partial charge in [0.1, 0.15) is 5.52 Å². The van der Waals surface area contributed by atoms with Gasteiger partial charge in [-0.25, -0.2) is 4.98 Å².